The van der Waals surface area contributed by atoms with Gasteiger partial charge in [0.15, 0.2) is 0 Å². The van der Waals surface area contributed by atoms with Crippen molar-refractivity contribution in [1.82, 2.24) is 10.2 Å². The minimum Gasteiger partial charge on any atom is -0.487 e. The van der Waals surface area contributed by atoms with Crippen molar-refractivity contribution in [2.75, 3.05) is 19.6 Å². The second-order valence-electron chi connectivity index (χ2n) is 9.63. The molecule has 0 bridgehead atoms. The molecule has 2 amide bonds. The Hall–Kier alpha value is -2.04. The summed E-state index contributed by atoms with van der Waals surface area (Å²) in [6, 6.07) is 8.19. The summed E-state index contributed by atoms with van der Waals surface area (Å²) in [6.07, 6.45) is 8.92. The van der Waals surface area contributed by atoms with Gasteiger partial charge >= 0.3 is 0 Å². The van der Waals surface area contributed by atoms with Gasteiger partial charge in [-0.1, -0.05) is 24.6 Å². The number of para-hydroxylation sites is 1. The lowest BCUT2D eigenvalue weighted by atomic mass is 9.75. The summed E-state index contributed by atoms with van der Waals surface area (Å²) in [4.78, 5) is 27.3. The van der Waals surface area contributed by atoms with Gasteiger partial charge in [0.2, 0.25) is 11.8 Å². The maximum Gasteiger partial charge on any atom is 0.225 e. The van der Waals surface area contributed by atoms with Crippen LogP contribution in [0.5, 0.6) is 5.75 Å². The zero-order chi connectivity index (χ0) is 19.8. The normalized spacial score (nSPS) is 25.7. The van der Waals surface area contributed by atoms with E-state index in [1.165, 1.54) is 19.3 Å². The third kappa shape index (κ3) is 4.01. The highest BCUT2D eigenvalue weighted by Crippen LogP contribution is 2.46. The third-order valence-electron chi connectivity index (χ3n) is 7.46. The molecule has 2 aliphatic heterocycles. The lowest BCUT2D eigenvalue weighted by Gasteiger charge is -2.47. The predicted molar refractivity (Wildman–Crippen MR) is 111 cm³/mol. The fraction of sp³-hybridized carbons (Fsp3) is 0.667. The van der Waals surface area contributed by atoms with Crippen LogP contribution in [-0.2, 0) is 9.59 Å². The summed E-state index contributed by atoms with van der Waals surface area (Å²) < 4.78 is 6.54. The lowest BCUT2D eigenvalue weighted by Crippen LogP contribution is -2.53. The van der Waals surface area contributed by atoms with E-state index < -0.39 is 0 Å². The van der Waals surface area contributed by atoms with Crippen molar-refractivity contribution in [2.24, 2.45) is 11.8 Å². The van der Waals surface area contributed by atoms with Crippen molar-refractivity contribution in [1.29, 1.82) is 0 Å². The molecule has 29 heavy (non-hydrogen) atoms. The van der Waals surface area contributed by atoms with E-state index in [4.69, 9.17) is 4.74 Å². The van der Waals surface area contributed by atoms with E-state index in [2.05, 4.69) is 16.3 Å². The van der Waals surface area contributed by atoms with Crippen molar-refractivity contribution in [3.8, 4) is 5.75 Å². The Kier molecular flexibility index (Phi) is 5.00. The van der Waals surface area contributed by atoms with Gasteiger partial charge in [-0.2, -0.15) is 0 Å². The van der Waals surface area contributed by atoms with Gasteiger partial charge in [-0.15, -0.1) is 0 Å². The Bertz CT molecular complexity index is 776. The van der Waals surface area contributed by atoms with Gasteiger partial charge in [0, 0.05) is 50.7 Å². The van der Waals surface area contributed by atoms with E-state index >= 15 is 0 Å². The zero-order valence-corrected chi connectivity index (χ0v) is 17.2. The first-order valence-corrected chi connectivity index (χ1v) is 11.5. The molecule has 1 unspecified atom stereocenters. The molecular formula is C24H32N2O3. The fourth-order valence-corrected chi connectivity index (χ4v) is 5.16. The van der Waals surface area contributed by atoms with Crippen LogP contribution in [0, 0.1) is 11.8 Å². The number of fused-ring (bicyclic) bond motifs is 1. The van der Waals surface area contributed by atoms with Gasteiger partial charge in [-0.25, -0.2) is 0 Å². The fourth-order valence-electron chi connectivity index (χ4n) is 5.16. The topological polar surface area (TPSA) is 58.6 Å². The lowest BCUT2D eigenvalue weighted by molar-refractivity contribution is -0.142. The Labute approximate surface area is 173 Å². The Morgan fingerprint density at radius 1 is 1.10 bits per heavy atom. The summed E-state index contributed by atoms with van der Waals surface area (Å²) >= 11 is 0. The molecule has 2 saturated carbocycles. The minimum absolute atomic E-state index is 0.159. The Morgan fingerprint density at radius 2 is 1.86 bits per heavy atom. The quantitative estimate of drug-likeness (QED) is 0.827. The van der Waals surface area contributed by atoms with E-state index in [0.717, 1.165) is 63.1 Å². The summed E-state index contributed by atoms with van der Waals surface area (Å²) in [7, 11) is 0. The monoisotopic (exact) mass is 396 g/mol. The summed E-state index contributed by atoms with van der Waals surface area (Å²) in [6.45, 7) is 2.38. The molecule has 5 heteroatoms. The molecule has 1 N–H and O–H groups in total. The number of rotatable bonds is 5. The van der Waals surface area contributed by atoms with Gasteiger partial charge in [0.25, 0.3) is 0 Å². The van der Waals surface area contributed by atoms with Gasteiger partial charge in [0.1, 0.15) is 11.4 Å². The summed E-state index contributed by atoms with van der Waals surface area (Å²) in [5, 5.41) is 3.13. The number of carbonyl (C=O) groups excluding carboxylic acids is 2. The number of benzene rings is 1. The van der Waals surface area contributed by atoms with Crippen LogP contribution in [0.25, 0.3) is 0 Å². The molecule has 2 heterocycles. The number of carbonyl (C=O) groups is 2. The van der Waals surface area contributed by atoms with Crippen molar-refractivity contribution < 1.29 is 14.3 Å². The Balaban J connectivity index is 1.26. The molecule has 3 fully saturated rings. The van der Waals surface area contributed by atoms with Gasteiger partial charge in [-0.3, -0.25) is 9.59 Å². The number of ether oxygens (including phenoxy) is 1. The SMILES string of the molecule is O=C(CC1CC2(CCN(C(=O)C3CCC3)CC2)Oc2ccccc21)NCC1CC1. The second-order valence-corrected chi connectivity index (χ2v) is 9.63. The van der Waals surface area contributed by atoms with Crippen LogP contribution < -0.4 is 10.1 Å². The first-order chi connectivity index (χ1) is 14.1. The van der Waals surface area contributed by atoms with Crippen LogP contribution in [0.3, 0.4) is 0 Å². The largest absolute Gasteiger partial charge is 0.487 e. The molecule has 4 aliphatic rings. The van der Waals surface area contributed by atoms with Crippen molar-refractivity contribution in [3.05, 3.63) is 29.8 Å². The maximum atomic E-state index is 12.6. The van der Waals surface area contributed by atoms with Gasteiger partial charge < -0.3 is 15.0 Å². The number of hydrogen-bond donors (Lipinski definition) is 1. The highest BCUT2D eigenvalue weighted by atomic mass is 16.5. The standard InChI is InChI=1S/C24H32N2O3/c27-22(25-16-17-8-9-17)14-19-15-24(29-21-7-2-1-6-20(19)21)10-12-26(13-11-24)23(28)18-4-3-5-18/h1-2,6-7,17-19H,3-5,8-16H2,(H,25,27). The molecule has 0 radical (unpaired) electrons. The number of nitrogens with one attached hydrogen (secondary N) is 1. The second kappa shape index (κ2) is 7.66. The average Bonchev–Trinajstić information content (AvgIpc) is 3.50. The van der Waals surface area contributed by atoms with E-state index in [0.29, 0.717) is 18.2 Å². The van der Waals surface area contributed by atoms with Crippen molar-refractivity contribution in [2.45, 2.75) is 69.3 Å². The first-order valence-electron chi connectivity index (χ1n) is 11.5. The number of hydrogen-bond acceptors (Lipinski definition) is 3. The van der Waals surface area contributed by atoms with E-state index in [1.807, 2.05) is 18.2 Å². The molecule has 0 aromatic heterocycles. The maximum absolute atomic E-state index is 12.6. The third-order valence-corrected chi connectivity index (χ3v) is 7.46. The number of amides is 2. The van der Waals surface area contributed by atoms with E-state index in [1.54, 1.807) is 0 Å². The number of likely N-dealkylation sites (tertiary alicyclic amines) is 1. The Morgan fingerprint density at radius 3 is 2.55 bits per heavy atom. The molecule has 5 nitrogen and oxygen atoms in total. The zero-order valence-electron chi connectivity index (χ0n) is 17.2. The van der Waals surface area contributed by atoms with Crippen LogP contribution in [0.4, 0.5) is 0 Å². The number of piperidine rings is 1. The van der Waals surface area contributed by atoms with Crippen LogP contribution in [0.15, 0.2) is 24.3 Å². The van der Waals surface area contributed by atoms with Crippen molar-refractivity contribution in [3.63, 3.8) is 0 Å². The summed E-state index contributed by atoms with van der Waals surface area (Å²) in [5.74, 6) is 2.58. The molecule has 1 atom stereocenters. The summed E-state index contributed by atoms with van der Waals surface area (Å²) in [5.41, 5.74) is 0.916. The molecule has 1 aromatic carbocycles. The highest BCUT2D eigenvalue weighted by molar-refractivity contribution is 5.79. The van der Waals surface area contributed by atoms with Gasteiger partial charge in [0.05, 0.1) is 0 Å². The number of nitrogens with zero attached hydrogens (tertiary/aromatic N) is 1. The molecule has 1 saturated heterocycles. The van der Waals surface area contributed by atoms with Gasteiger partial charge in [-0.05, 0) is 49.7 Å². The van der Waals surface area contributed by atoms with Crippen LogP contribution in [0.2, 0.25) is 0 Å². The molecule has 156 valence electrons. The molecule has 1 aromatic rings. The van der Waals surface area contributed by atoms with Crippen LogP contribution >= 0.6 is 0 Å². The predicted octanol–water partition coefficient (Wildman–Crippen LogP) is 3.63. The minimum atomic E-state index is -0.244. The van der Waals surface area contributed by atoms with Crippen LogP contribution in [-0.4, -0.2) is 41.9 Å². The van der Waals surface area contributed by atoms with Crippen LogP contribution in [0.1, 0.15) is 69.3 Å². The average molecular weight is 397 g/mol. The van der Waals surface area contributed by atoms with E-state index in [-0.39, 0.29) is 23.3 Å². The molecule has 1 spiro atoms. The molecule has 5 rings (SSSR count). The molecular weight excluding hydrogens is 364 g/mol. The first kappa shape index (κ1) is 19.0. The van der Waals surface area contributed by atoms with E-state index in [9.17, 15) is 9.59 Å². The van der Waals surface area contributed by atoms with Crippen molar-refractivity contribution >= 4 is 11.8 Å². The highest BCUT2D eigenvalue weighted by Gasteiger charge is 2.45. The molecule has 2 aliphatic carbocycles. The smallest absolute Gasteiger partial charge is 0.225 e.